The zero-order valence-corrected chi connectivity index (χ0v) is 20.9. The molecule has 1 aromatic carbocycles. The second-order valence-electron chi connectivity index (χ2n) is 9.18. The Kier molecular flexibility index (Phi) is 8.91. The van der Waals surface area contributed by atoms with Gasteiger partial charge in [0.25, 0.3) is 5.91 Å². The van der Waals surface area contributed by atoms with Crippen molar-refractivity contribution in [2.45, 2.75) is 51.2 Å². The molecule has 2 heterocycles. The van der Waals surface area contributed by atoms with Crippen molar-refractivity contribution >= 4 is 40.6 Å². The number of carboxylic acid groups (broad SMARTS) is 1. The Morgan fingerprint density at radius 2 is 1.82 bits per heavy atom. The van der Waals surface area contributed by atoms with Gasteiger partial charge in [-0.05, 0) is 51.0 Å². The number of benzene rings is 1. The van der Waals surface area contributed by atoms with E-state index in [0.717, 1.165) is 0 Å². The summed E-state index contributed by atoms with van der Waals surface area (Å²) in [5, 5.41) is 36.7. The largest absolute Gasteiger partial charge is 0.492 e. The Morgan fingerprint density at radius 3 is 2.47 bits per heavy atom. The van der Waals surface area contributed by atoms with Crippen molar-refractivity contribution in [2.24, 2.45) is 0 Å². The van der Waals surface area contributed by atoms with Crippen molar-refractivity contribution in [3.8, 4) is 5.88 Å². The number of rotatable bonds is 12. The molecule has 0 fully saturated rings. The number of hydrogen-bond acceptors (Lipinski definition) is 11. The minimum absolute atomic E-state index is 0.0944. The Labute approximate surface area is 217 Å². The number of nitrogens with one attached hydrogen (secondary N) is 3. The molecule has 2 amide bonds. The normalized spacial score (nSPS) is 12.1. The van der Waals surface area contributed by atoms with Crippen molar-refractivity contribution < 1.29 is 29.7 Å². The van der Waals surface area contributed by atoms with Crippen LogP contribution in [0.5, 0.6) is 5.88 Å². The van der Waals surface area contributed by atoms with E-state index in [0.29, 0.717) is 17.8 Å². The number of nitrogens with zero attached hydrogens (tertiary/aromatic N) is 4. The maximum absolute atomic E-state index is 12.6. The summed E-state index contributed by atoms with van der Waals surface area (Å²) >= 11 is 0. The van der Waals surface area contributed by atoms with Crippen LogP contribution in [0, 0.1) is 0 Å². The summed E-state index contributed by atoms with van der Waals surface area (Å²) in [5.74, 6) is -2.71. The fourth-order valence-electron chi connectivity index (χ4n) is 3.52. The van der Waals surface area contributed by atoms with E-state index in [1.807, 2.05) is 0 Å². The summed E-state index contributed by atoms with van der Waals surface area (Å²) in [6.45, 7) is 3.66. The minimum atomic E-state index is -1.26. The van der Waals surface area contributed by atoms with Crippen molar-refractivity contribution in [3.63, 3.8) is 0 Å². The van der Waals surface area contributed by atoms with Gasteiger partial charge >= 0.3 is 5.97 Å². The minimum Gasteiger partial charge on any atom is -0.492 e. The molecule has 0 spiro atoms. The van der Waals surface area contributed by atoms with E-state index in [1.165, 1.54) is 18.3 Å². The highest BCUT2D eigenvalue weighted by Gasteiger charge is 2.24. The van der Waals surface area contributed by atoms with Crippen LogP contribution in [-0.2, 0) is 16.1 Å². The summed E-state index contributed by atoms with van der Waals surface area (Å²) < 4.78 is 0. The molecule has 202 valence electrons. The van der Waals surface area contributed by atoms with Crippen LogP contribution < -0.4 is 21.7 Å². The third-order valence-electron chi connectivity index (χ3n) is 5.55. The molecule has 1 atom stereocenters. The van der Waals surface area contributed by atoms with Gasteiger partial charge in [-0.3, -0.25) is 9.59 Å². The Balaban J connectivity index is 1.55. The highest BCUT2D eigenvalue weighted by Crippen LogP contribution is 2.19. The lowest BCUT2D eigenvalue weighted by Gasteiger charge is -2.25. The molecule has 0 unspecified atom stereocenters. The van der Waals surface area contributed by atoms with Crippen LogP contribution >= 0.6 is 0 Å². The number of aromatic hydroxyl groups is 1. The molecule has 3 rings (SSSR count). The van der Waals surface area contributed by atoms with Gasteiger partial charge < -0.3 is 37.0 Å². The molecule has 14 nitrogen and oxygen atoms in total. The lowest BCUT2D eigenvalue weighted by molar-refractivity contribution is -0.139. The molecule has 0 saturated heterocycles. The van der Waals surface area contributed by atoms with E-state index in [1.54, 1.807) is 26.0 Å². The van der Waals surface area contributed by atoms with E-state index in [9.17, 15) is 24.6 Å². The standard InChI is InChI=1S/C24H30N8O6/c1-24(2,9-10-33)32-17(34)8-7-16(22(37)38)29-20(35)13-3-5-14(6-4-13)26-11-15-12-27-19-18(28-15)21(36)31-23(25)30-19/h3-6,12,16,26,33H,7-11H2,1-2H3,(H,29,35)(H,32,34)(H,37,38)(H3,25,27,30,31,36)/t16-/m1/s1. The summed E-state index contributed by atoms with van der Waals surface area (Å²) in [4.78, 5) is 52.4. The number of anilines is 2. The van der Waals surface area contributed by atoms with Gasteiger partial charge in [-0.25, -0.2) is 14.8 Å². The number of aromatic nitrogens is 4. The number of nitrogens with two attached hydrogens (primary N) is 1. The summed E-state index contributed by atoms with van der Waals surface area (Å²) in [6, 6.07) is 5.06. The average Bonchev–Trinajstić information content (AvgIpc) is 2.85. The number of aliphatic hydroxyl groups is 1. The maximum atomic E-state index is 12.6. The molecule has 0 bridgehead atoms. The number of nitrogen functional groups attached to an aromatic ring is 1. The molecule has 0 radical (unpaired) electrons. The third-order valence-corrected chi connectivity index (χ3v) is 5.55. The molecule has 0 aliphatic heterocycles. The van der Waals surface area contributed by atoms with Crippen LogP contribution in [0.3, 0.4) is 0 Å². The third kappa shape index (κ3) is 7.70. The van der Waals surface area contributed by atoms with Crippen LogP contribution in [-0.4, -0.2) is 71.2 Å². The van der Waals surface area contributed by atoms with Crippen molar-refractivity contribution in [3.05, 3.63) is 41.7 Å². The van der Waals surface area contributed by atoms with Gasteiger partial charge in [-0.1, -0.05) is 0 Å². The second-order valence-corrected chi connectivity index (χ2v) is 9.18. The van der Waals surface area contributed by atoms with Gasteiger partial charge in [-0.15, -0.1) is 0 Å². The first-order chi connectivity index (χ1) is 18.0. The van der Waals surface area contributed by atoms with Crippen LogP contribution in [0.1, 0.15) is 49.2 Å². The smallest absolute Gasteiger partial charge is 0.326 e. The fraction of sp³-hybridized carbons (Fsp3) is 0.375. The van der Waals surface area contributed by atoms with E-state index in [2.05, 4.69) is 35.9 Å². The summed E-state index contributed by atoms with van der Waals surface area (Å²) in [6.07, 6.45) is 1.63. The molecule has 14 heteroatoms. The van der Waals surface area contributed by atoms with Gasteiger partial charge in [0.15, 0.2) is 11.2 Å². The fourth-order valence-corrected chi connectivity index (χ4v) is 3.52. The number of amides is 2. The van der Waals surface area contributed by atoms with Gasteiger partial charge in [0.05, 0.1) is 18.4 Å². The number of fused-ring (bicyclic) bond motifs is 1. The SMILES string of the molecule is CC(C)(CCO)NC(=O)CC[C@@H](NC(=O)c1ccc(NCc2cnc3nc(N)nc(O)c3n2)cc1)C(=O)O. The van der Waals surface area contributed by atoms with Gasteiger partial charge in [-0.2, -0.15) is 9.97 Å². The second kappa shape index (κ2) is 12.1. The van der Waals surface area contributed by atoms with E-state index in [-0.39, 0.29) is 60.5 Å². The number of aliphatic carboxylic acids is 1. The predicted molar refractivity (Wildman–Crippen MR) is 137 cm³/mol. The molecule has 0 aliphatic rings. The number of hydrogen-bond donors (Lipinski definition) is 7. The van der Waals surface area contributed by atoms with E-state index < -0.39 is 23.5 Å². The quantitative estimate of drug-likeness (QED) is 0.172. The number of carbonyl (C=O) groups excluding carboxylic acids is 2. The van der Waals surface area contributed by atoms with Crippen molar-refractivity contribution in [2.75, 3.05) is 17.7 Å². The van der Waals surface area contributed by atoms with Gasteiger partial charge in [0.1, 0.15) is 6.04 Å². The van der Waals surface area contributed by atoms with Gasteiger partial charge in [0.2, 0.25) is 17.7 Å². The zero-order valence-electron chi connectivity index (χ0n) is 20.9. The van der Waals surface area contributed by atoms with Gasteiger partial charge in [0, 0.05) is 29.8 Å². The van der Waals surface area contributed by atoms with E-state index in [4.69, 9.17) is 10.8 Å². The first-order valence-corrected chi connectivity index (χ1v) is 11.7. The summed E-state index contributed by atoms with van der Waals surface area (Å²) in [7, 11) is 0. The van der Waals surface area contributed by atoms with Crippen LogP contribution in [0.15, 0.2) is 30.5 Å². The lowest BCUT2D eigenvalue weighted by Crippen LogP contribution is -2.45. The summed E-state index contributed by atoms with van der Waals surface area (Å²) in [5.41, 5.74) is 6.52. The van der Waals surface area contributed by atoms with Crippen LogP contribution in [0.25, 0.3) is 11.2 Å². The van der Waals surface area contributed by atoms with E-state index >= 15 is 0 Å². The van der Waals surface area contributed by atoms with Crippen molar-refractivity contribution in [1.82, 2.24) is 30.6 Å². The van der Waals surface area contributed by atoms with Crippen molar-refractivity contribution in [1.29, 1.82) is 0 Å². The molecule has 0 aliphatic carbocycles. The Morgan fingerprint density at radius 1 is 1.11 bits per heavy atom. The monoisotopic (exact) mass is 526 g/mol. The lowest BCUT2D eigenvalue weighted by atomic mass is 10.0. The number of carbonyl (C=O) groups is 3. The topological polar surface area (TPSA) is 226 Å². The zero-order chi connectivity index (χ0) is 27.9. The highest BCUT2D eigenvalue weighted by atomic mass is 16.4. The average molecular weight is 527 g/mol. The predicted octanol–water partition coefficient (Wildman–Crippen LogP) is 0.560. The number of carboxylic acids is 1. The molecule has 0 saturated carbocycles. The molecule has 8 N–H and O–H groups in total. The molecular formula is C24H30N8O6. The van der Waals surface area contributed by atoms with Crippen LogP contribution in [0.4, 0.5) is 11.6 Å². The first-order valence-electron chi connectivity index (χ1n) is 11.7. The molecular weight excluding hydrogens is 496 g/mol. The highest BCUT2D eigenvalue weighted by molar-refractivity contribution is 5.97. The molecule has 3 aromatic rings. The molecule has 38 heavy (non-hydrogen) atoms. The van der Waals surface area contributed by atoms with Crippen LogP contribution in [0.2, 0.25) is 0 Å². The first kappa shape index (κ1) is 28.0. The molecule has 2 aromatic heterocycles. The maximum Gasteiger partial charge on any atom is 0.326 e. The Hall–Kier alpha value is -4.59. The Bertz CT molecular complexity index is 1320. The number of aliphatic hydroxyl groups excluding tert-OH is 1.